The van der Waals surface area contributed by atoms with Gasteiger partial charge in [0.2, 0.25) is 0 Å². The molecule has 0 saturated heterocycles. The van der Waals surface area contributed by atoms with Crippen molar-refractivity contribution in [2.75, 3.05) is 0 Å². The molecule has 5 heteroatoms. The zero-order valence-electron chi connectivity index (χ0n) is 11.8. The van der Waals surface area contributed by atoms with Crippen molar-refractivity contribution in [1.29, 1.82) is 0 Å². The number of nitrogens with one attached hydrogen (secondary N) is 1. The number of nitrogens with zero attached hydrogens (tertiary/aromatic N) is 1. The Balaban J connectivity index is 1.93. The number of carbonyl (C=O) groups excluding carboxylic acids is 1. The van der Waals surface area contributed by atoms with Gasteiger partial charge in [0, 0.05) is 27.6 Å². The van der Waals surface area contributed by atoms with Gasteiger partial charge in [-0.15, -0.1) is 23.1 Å². The number of carbonyl (C=O) groups is 1. The van der Waals surface area contributed by atoms with Gasteiger partial charge in [-0.3, -0.25) is 4.79 Å². The molecule has 0 aliphatic rings. The summed E-state index contributed by atoms with van der Waals surface area (Å²) in [6, 6.07) is 7.86. The Kier molecular flexibility index (Phi) is 5.20. The molecule has 0 bridgehead atoms. The second-order valence-corrected chi connectivity index (χ2v) is 6.91. The van der Waals surface area contributed by atoms with Crippen molar-refractivity contribution in [1.82, 2.24) is 10.3 Å². The van der Waals surface area contributed by atoms with Crippen molar-refractivity contribution < 1.29 is 4.79 Å². The Morgan fingerprint density at radius 1 is 1.35 bits per heavy atom. The fourth-order valence-corrected chi connectivity index (χ4v) is 3.19. The number of benzene rings is 1. The van der Waals surface area contributed by atoms with E-state index in [0.29, 0.717) is 5.56 Å². The highest BCUT2D eigenvalue weighted by molar-refractivity contribution is 7.98. The molecule has 0 unspecified atom stereocenters. The van der Waals surface area contributed by atoms with Crippen LogP contribution in [0.1, 0.15) is 34.9 Å². The number of aryl methyl sites for hydroxylation is 1. The van der Waals surface area contributed by atoms with Crippen LogP contribution < -0.4 is 5.32 Å². The lowest BCUT2D eigenvalue weighted by Crippen LogP contribution is -2.29. The van der Waals surface area contributed by atoms with E-state index in [1.807, 2.05) is 45.0 Å². The SMILES string of the molecule is Cc1nc(CSc2ccc(C(=O)NC(C)C)cc2)cs1. The van der Waals surface area contributed by atoms with E-state index in [2.05, 4.69) is 15.7 Å². The van der Waals surface area contributed by atoms with Crippen LogP contribution in [0.4, 0.5) is 0 Å². The van der Waals surface area contributed by atoms with Crippen LogP contribution in [0, 0.1) is 6.92 Å². The molecule has 1 heterocycles. The van der Waals surface area contributed by atoms with Gasteiger partial charge in [-0.05, 0) is 45.0 Å². The van der Waals surface area contributed by atoms with E-state index >= 15 is 0 Å². The van der Waals surface area contributed by atoms with E-state index < -0.39 is 0 Å². The van der Waals surface area contributed by atoms with Gasteiger partial charge in [0.15, 0.2) is 0 Å². The summed E-state index contributed by atoms with van der Waals surface area (Å²) in [6.45, 7) is 5.93. The summed E-state index contributed by atoms with van der Waals surface area (Å²) < 4.78 is 0. The van der Waals surface area contributed by atoms with Crippen LogP contribution in [-0.4, -0.2) is 16.9 Å². The Hall–Kier alpha value is -1.33. The van der Waals surface area contributed by atoms with Gasteiger partial charge < -0.3 is 5.32 Å². The third-order valence-corrected chi connectivity index (χ3v) is 4.46. The van der Waals surface area contributed by atoms with Crippen LogP contribution in [0.3, 0.4) is 0 Å². The number of thioether (sulfide) groups is 1. The molecule has 1 N–H and O–H groups in total. The van der Waals surface area contributed by atoms with Gasteiger partial charge in [0.1, 0.15) is 0 Å². The van der Waals surface area contributed by atoms with Crippen LogP contribution in [0.15, 0.2) is 34.5 Å². The van der Waals surface area contributed by atoms with Gasteiger partial charge >= 0.3 is 0 Å². The first-order valence-corrected chi connectivity index (χ1v) is 8.36. The highest BCUT2D eigenvalue weighted by Gasteiger charge is 2.07. The van der Waals surface area contributed by atoms with E-state index in [-0.39, 0.29) is 11.9 Å². The molecule has 0 aliphatic carbocycles. The van der Waals surface area contributed by atoms with E-state index in [1.54, 1.807) is 23.1 Å². The Morgan fingerprint density at radius 2 is 2.05 bits per heavy atom. The van der Waals surface area contributed by atoms with Crippen LogP contribution >= 0.6 is 23.1 Å². The summed E-state index contributed by atoms with van der Waals surface area (Å²) >= 11 is 3.41. The van der Waals surface area contributed by atoms with Crippen molar-refractivity contribution >= 4 is 29.0 Å². The second-order valence-electron chi connectivity index (χ2n) is 4.80. The van der Waals surface area contributed by atoms with E-state index in [0.717, 1.165) is 21.3 Å². The lowest BCUT2D eigenvalue weighted by Gasteiger charge is -2.08. The molecule has 1 aromatic carbocycles. The normalized spacial score (nSPS) is 10.8. The fourth-order valence-electron chi connectivity index (χ4n) is 1.68. The lowest BCUT2D eigenvalue weighted by atomic mass is 10.2. The molecule has 0 spiro atoms. The molecule has 0 fully saturated rings. The predicted octanol–water partition coefficient (Wildman–Crippen LogP) is 3.88. The monoisotopic (exact) mass is 306 g/mol. The average molecular weight is 306 g/mol. The van der Waals surface area contributed by atoms with Crippen LogP contribution in [-0.2, 0) is 5.75 Å². The molecule has 2 aromatic rings. The molecule has 0 aliphatic heterocycles. The van der Waals surface area contributed by atoms with Crippen LogP contribution in [0.5, 0.6) is 0 Å². The molecule has 3 nitrogen and oxygen atoms in total. The standard InChI is InChI=1S/C15H18N2OS2/c1-10(2)16-15(18)12-4-6-14(7-5-12)20-9-13-8-19-11(3)17-13/h4-8,10H,9H2,1-3H3,(H,16,18). The van der Waals surface area contributed by atoms with Gasteiger partial charge in [-0.25, -0.2) is 4.98 Å². The lowest BCUT2D eigenvalue weighted by molar-refractivity contribution is 0.0943. The summed E-state index contributed by atoms with van der Waals surface area (Å²) in [5.74, 6) is 0.841. The molecule has 20 heavy (non-hydrogen) atoms. The fraction of sp³-hybridized carbons (Fsp3) is 0.333. The largest absolute Gasteiger partial charge is 0.350 e. The molecular weight excluding hydrogens is 288 g/mol. The Bertz CT molecular complexity index is 576. The average Bonchev–Trinajstić information content (AvgIpc) is 2.82. The maximum absolute atomic E-state index is 11.8. The minimum absolute atomic E-state index is 0.0216. The summed E-state index contributed by atoms with van der Waals surface area (Å²) in [4.78, 5) is 17.4. The molecule has 0 saturated carbocycles. The van der Waals surface area contributed by atoms with E-state index in [9.17, 15) is 4.79 Å². The third kappa shape index (κ3) is 4.35. The first-order chi connectivity index (χ1) is 9.54. The quantitative estimate of drug-likeness (QED) is 0.852. The van der Waals surface area contributed by atoms with Crippen LogP contribution in [0.25, 0.3) is 0 Å². The van der Waals surface area contributed by atoms with Gasteiger partial charge in [-0.2, -0.15) is 0 Å². The van der Waals surface area contributed by atoms with Crippen molar-refractivity contribution in [3.05, 3.63) is 45.9 Å². The summed E-state index contributed by atoms with van der Waals surface area (Å²) in [6.07, 6.45) is 0. The smallest absolute Gasteiger partial charge is 0.251 e. The summed E-state index contributed by atoms with van der Waals surface area (Å²) in [5.41, 5.74) is 1.81. The number of thiazole rings is 1. The summed E-state index contributed by atoms with van der Waals surface area (Å²) in [7, 11) is 0. The maximum Gasteiger partial charge on any atom is 0.251 e. The molecule has 0 radical (unpaired) electrons. The first kappa shape index (κ1) is 15.1. The number of hydrogen-bond acceptors (Lipinski definition) is 4. The number of hydrogen-bond donors (Lipinski definition) is 1. The number of aromatic nitrogens is 1. The minimum Gasteiger partial charge on any atom is -0.350 e. The van der Waals surface area contributed by atoms with Gasteiger partial charge in [-0.1, -0.05) is 0 Å². The molecule has 1 amide bonds. The second kappa shape index (κ2) is 6.90. The van der Waals surface area contributed by atoms with Crippen molar-refractivity contribution in [3.63, 3.8) is 0 Å². The predicted molar refractivity (Wildman–Crippen MR) is 85.5 cm³/mol. The molecule has 0 atom stereocenters. The van der Waals surface area contributed by atoms with E-state index in [1.165, 1.54) is 0 Å². The van der Waals surface area contributed by atoms with Gasteiger partial charge in [0.25, 0.3) is 5.91 Å². The topological polar surface area (TPSA) is 42.0 Å². The van der Waals surface area contributed by atoms with Gasteiger partial charge in [0.05, 0.1) is 10.7 Å². The molecule has 106 valence electrons. The first-order valence-electron chi connectivity index (χ1n) is 6.49. The number of rotatable bonds is 5. The van der Waals surface area contributed by atoms with Crippen molar-refractivity contribution in [2.45, 2.75) is 37.5 Å². The zero-order chi connectivity index (χ0) is 14.5. The molecule has 1 aromatic heterocycles. The molecule has 2 rings (SSSR count). The van der Waals surface area contributed by atoms with Crippen LogP contribution in [0.2, 0.25) is 0 Å². The Labute approximate surface area is 127 Å². The maximum atomic E-state index is 11.8. The summed E-state index contributed by atoms with van der Waals surface area (Å²) in [5, 5.41) is 6.07. The third-order valence-electron chi connectivity index (χ3n) is 2.59. The highest BCUT2D eigenvalue weighted by atomic mass is 32.2. The van der Waals surface area contributed by atoms with Crippen molar-refractivity contribution in [2.24, 2.45) is 0 Å². The highest BCUT2D eigenvalue weighted by Crippen LogP contribution is 2.23. The van der Waals surface area contributed by atoms with E-state index in [4.69, 9.17) is 0 Å². The zero-order valence-corrected chi connectivity index (χ0v) is 13.5. The Morgan fingerprint density at radius 3 is 2.60 bits per heavy atom. The van der Waals surface area contributed by atoms with Crippen molar-refractivity contribution in [3.8, 4) is 0 Å². The number of amides is 1. The molecular formula is C15H18N2OS2. The minimum atomic E-state index is -0.0216.